The second-order valence-electron chi connectivity index (χ2n) is 6.20. The highest BCUT2D eigenvalue weighted by molar-refractivity contribution is 5.95. The van der Waals surface area contributed by atoms with Gasteiger partial charge in [-0.3, -0.25) is 10.2 Å². The number of alkyl halides is 2. The fraction of sp³-hybridized carbons (Fsp3) is 0.312. The van der Waals surface area contributed by atoms with E-state index >= 15 is 0 Å². The van der Waals surface area contributed by atoms with E-state index in [0.29, 0.717) is 23.0 Å². The number of aromatic nitrogens is 3. The molecule has 0 atom stereocenters. The van der Waals surface area contributed by atoms with Crippen LogP contribution in [0.25, 0.3) is 5.65 Å². The number of allylic oxidation sites excluding steroid dienone is 2. The lowest BCUT2D eigenvalue weighted by atomic mass is 10.3. The fourth-order valence-electron chi connectivity index (χ4n) is 3.00. The standard InChI is InChI=1S/C16H17F2N7O/c1-10-14(15(26)21-11-3-2-7-19-22-11)25-12(20-10)4-5-13(23-25)24-8-6-16(17,18)9-24/h2-5,7,19,22H,6,8-9H2,1H3,(H,21,26). The van der Waals surface area contributed by atoms with E-state index in [1.54, 1.807) is 37.4 Å². The minimum atomic E-state index is -2.72. The van der Waals surface area contributed by atoms with Gasteiger partial charge in [0.05, 0.1) is 12.2 Å². The van der Waals surface area contributed by atoms with Gasteiger partial charge in [0, 0.05) is 19.2 Å². The Morgan fingerprint density at radius 1 is 1.38 bits per heavy atom. The summed E-state index contributed by atoms with van der Waals surface area (Å²) in [7, 11) is 0. The number of hydrazine groups is 1. The second-order valence-corrected chi connectivity index (χ2v) is 6.20. The highest BCUT2D eigenvalue weighted by Gasteiger charge is 2.39. The molecule has 2 aliphatic heterocycles. The van der Waals surface area contributed by atoms with E-state index in [2.05, 4.69) is 26.3 Å². The van der Waals surface area contributed by atoms with Crippen LogP contribution in [-0.2, 0) is 0 Å². The molecule has 0 saturated carbocycles. The molecule has 3 N–H and O–H groups in total. The van der Waals surface area contributed by atoms with Crippen LogP contribution in [0.1, 0.15) is 22.6 Å². The summed E-state index contributed by atoms with van der Waals surface area (Å²) >= 11 is 0. The Balaban J connectivity index is 1.67. The lowest BCUT2D eigenvalue weighted by molar-refractivity contribution is 0.0256. The maximum atomic E-state index is 13.5. The molecule has 0 unspecified atom stereocenters. The van der Waals surface area contributed by atoms with Crippen LogP contribution in [-0.4, -0.2) is 39.5 Å². The van der Waals surface area contributed by atoms with Crippen LogP contribution in [0.3, 0.4) is 0 Å². The van der Waals surface area contributed by atoms with E-state index in [1.165, 1.54) is 9.42 Å². The molecular weight excluding hydrogens is 344 g/mol. The zero-order valence-corrected chi connectivity index (χ0v) is 14.0. The molecule has 0 radical (unpaired) electrons. The lowest BCUT2D eigenvalue weighted by Crippen LogP contribution is -2.39. The Labute approximate surface area is 147 Å². The van der Waals surface area contributed by atoms with Crippen molar-refractivity contribution in [2.24, 2.45) is 0 Å². The second kappa shape index (κ2) is 5.97. The summed E-state index contributed by atoms with van der Waals surface area (Å²) in [6.07, 6.45) is 4.90. The van der Waals surface area contributed by atoms with Crippen molar-refractivity contribution in [1.29, 1.82) is 0 Å². The number of hydrogen-bond acceptors (Lipinski definition) is 6. The third kappa shape index (κ3) is 2.93. The molecule has 1 saturated heterocycles. The van der Waals surface area contributed by atoms with Gasteiger partial charge in [0.1, 0.15) is 11.6 Å². The number of imidazole rings is 1. The van der Waals surface area contributed by atoms with Crippen molar-refractivity contribution < 1.29 is 13.6 Å². The quantitative estimate of drug-likeness (QED) is 0.758. The first-order valence-corrected chi connectivity index (χ1v) is 8.12. The molecule has 0 spiro atoms. The molecule has 1 amide bonds. The maximum absolute atomic E-state index is 13.5. The lowest BCUT2D eigenvalue weighted by Gasteiger charge is -2.17. The van der Waals surface area contributed by atoms with Gasteiger partial charge in [-0.1, -0.05) is 0 Å². The highest BCUT2D eigenvalue weighted by atomic mass is 19.3. The summed E-state index contributed by atoms with van der Waals surface area (Å²) in [5.74, 6) is -2.26. The van der Waals surface area contributed by atoms with Gasteiger partial charge in [0.15, 0.2) is 11.3 Å². The summed E-state index contributed by atoms with van der Waals surface area (Å²) < 4.78 is 28.4. The first kappa shape index (κ1) is 16.3. The van der Waals surface area contributed by atoms with Crippen LogP contribution >= 0.6 is 0 Å². The van der Waals surface area contributed by atoms with Crippen molar-refractivity contribution in [3.63, 3.8) is 0 Å². The average Bonchev–Trinajstić information content (AvgIpc) is 3.13. The van der Waals surface area contributed by atoms with Crippen LogP contribution in [0.5, 0.6) is 0 Å². The van der Waals surface area contributed by atoms with Crippen LogP contribution in [0.4, 0.5) is 14.6 Å². The van der Waals surface area contributed by atoms with Gasteiger partial charge in [-0.05, 0) is 31.2 Å². The first-order chi connectivity index (χ1) is 12.4. The molecule has 2 aromatic rings. The fourth-order valence-corrected chi connectivity index (χ4v) is 3.00. The van der Waals surface area contributed by atoms with Crippen LogP contribution in [0.15, 0.2) is 36.3 Å². The zero-order valence-electron chi connectivity index (χ0n) is 14.0. The van der Waals surface area contributed by atoms with Crippen molar-refractivity contribution in [2.45, 2.75) is 19.3 Å². The smallest absolute Gasteiger partial charge is 0.277 e. The number of carbonyl (C=O) groups is 1. The molecule has 1 fully saturated rings. The highest BCUT2D eigenvalue weighted by Crippen LogP contribution is 2.30. The molecule has 4 rings (SSSR count). The van der Waals surface area contributed by atoms with Gasteiger partial charge >= 0.3 is 0 Å². The Kier molecular flexibility index (Phi) is 3.74. The van der Waals surface area contributed by atoms with Gasteiger partial charge in [-0.25, -0.2) is 18.3 Å². The van der Waals surface area contributed by atoms with E-state index < -0.39 is 11.8 Å². The third-order valence-corrected chi connectivity index (χ3v) is 4.24. The summed E-state index contributed by atoms with van der Waals surface area (Å²) in [6, 6.07) is 3.32. The molecular formula is C16H17F2N7O. The monoisotopic (exact) mass is 361 g/mol. The molecule has 2 aromatic heterocycles. The molecule has 0 aromatic carbocycles. The number of anilines is 1. The van der Waals surface area contributed by atoms with Crippen molar-refractivity contribution >= 4 is 17.4 Å². The number of carbonyl (C=O) groups excluding carboxylic acids is 1. The average molecular weight is 361 g/mol. The number of hydrogen-bond donors (Lipinski definition) is 3. The van der Waals surface area contributed by atoms with Gasteiger partial charge in [0.2, 0.25) is 0 Å². The van der Waals surface area contributed by atoms with Crippen molar-refractivity contribution in [2.75, 3.05) is 18.0 Å². The van der Waals surface area contributed by atoms with Gasteiger partial charge in [-0.2, -0.15) is 0 Å². The summed E-state index contributed by atoms with van der Waals surface area (Å²) in [5.41, 5.74) is 6.79. The molecule has 26 heavy (non-hydrogen) atoms. The largest absolute Gasteiger partial charge is 0.349 e. The minimum absolute atomic E-state index is 0.205. The molecule has 2 aliphatic rings. The number of aryl methyl sites for hydroxylation is 1. The van der Waals surface area contributed by atoms with E-state index in [-0.39, 0.29) is 25.2 Å². The topological polar surface area (TPSA) is 86.6 Å². The molecule has 4 heterocycles. The van der Waals surface area contributed by atoms with E-state index in [0.717, 1.165) is 0 Å². The Bertz CT molecular complexity index is 934. The molecule has 0 aliphatic carbocycles. The maximum Gasteiger partial charge on any atom is 0.277 e. The number of halogens is 2. The van der Waals surface area contributed by atoms with E-state index in [9.17, 15) is 13.6 Å². The van der Waals surface area contributed by atoms with Crippen molar-refractivity contribution in [3.8, 4) is 0 Å². The molecule has 136 valence electrons. The predicted molar refractivity (Wildman–Crippen MR) is 90.5 cm³/mol. The van der Waals surface area contributed by atoms with E-state index in [1.807, 2.05) is 0 Å². The van der Waals surface area contributed by atoms with Gasteiger partial charge in [0.25, 0.3) is 11.8 Å². The zero-order chi connectivity index (χ0) is 18.3. The SMILES string of the molecule is Cc1nc2ccc(N3CCC(F)(F)C3)nn2c1C(=O)NC1=CC=CNN1. The first-order valence-electron chi connectivity index (χ1n) is 8.12. The molecule has 8 nitrogen and oxygen atoms in total. The summed E-state index contributed by atoms with van der Waals surface area (Å²) in [5, 5.41) is 7.09. The number of nitrogens with zero attached hydrogens (tertiary/aromatic N) is 4. The summed E-state index contributed by atoms with van der Waals surface area (Å²) in [6.45, 7) is 1.54. The Hall–Kier alpha value is -3.17. The van der Waals surface area contributed by atoms with Crippen LogP contribution in [0, 0.1) is 6.92 Å². The van der Waals surface area contributed by atoms with Crippen LogP contribution in [0.2, 0.25) is 0 Å². The Morgan fingerprint density at radius 2 is 2.23 bits per heavy atom. The predicted octanol–water partition coefficient (Wildman–Crippen LogP) is 1.08. The van der Waals surface area contributed by atoms with Gasteiger partial charge in [-0.15, -0.1) is 5.10 Å². The number of fused-ring (bicyclic) bond motifs is 1. The Morgan fingerprint density at radius 3 is 2.92 bits per heavy atom. The van der Waals surface area contributed by atoms with Crippen molar-refractivity contribution in [3.05, 3.63) is 47.7 Å². The van der Waals surface area contributed by atoms with E-state index in [4.69, 9.17) is 0 Å². The normalized spacial score (nSPS) is 18.4. The minimum Gasteiger partial charge on any atom is -0.349 e. The molecule has 0 bridgehead atoms. The van der Waals surface area contributed by atoms with Crippen LogP contribution < -0.4 is 21.1 Å². The third-order valence-electron chi connectivity index (χ3n) is 4.24. The number of nitrogens with one attached hydrogen (secondary N) is 3. The summed E-state index contributed by atoms with van der Waals surface area (Å²) in [4.78, 5) is 18.5. The van der Waals surface area contributed by atoms with Gasteiger partial charge < -0.3 is 15.6 Å². The molecule has 10 heteroatoms. The number of amides is 1. The van der Waals surface area contributed by atoms with Crippen molar-refractivity contribution in [1.82, 2.24) is 30.8 Å². The number of rotatable bonds is 3.